The maximum atomic E-state index is 12.5. The predicted octanol–water partition coefficient (Wildman–Crippen LogP) is 4.93. The summed E-state index contributed by atoms with van der Waals surface area (Å²) in [6.07, 6.45) is 1.35. The molecular formula is C26H22ClN3O5. The highest BCUT2D eigenvalue weighted by Crippen LogP contribution is 2.37. The Bertz CT molecular complexity index is 1300. The molecule has 3 rings (SSSR count). The van der Waals surface area contributed by atoms with Gasteiger partial charge in [-0.05, 0) is 67.1 Å². The summed E-state index contributed by atoms with van der Waals surface area (Å²) in [5.41, 5.74) is 2.36. The Morgan fingerprint density at radius 1 is 1.06 bits per heavy atom. The van der Waals surface area contributed by atoms with Gasteiger partial charge in [-0.2, -0.15) is 5.26 Å². The summed E-state index contributed by atoms with van der Waals surface area (Å²) in [7, 11) is 1.40. The number of anilines is 2. The number of amides is 2. The van der Waals surface area contributed by atoms with Crippen LogP contribution >= 0.6 is 11.6 Å². The van der Waals surface area contributed by atoms with Gasteiger partial charge in [-0.25, -0.2) is 0 Å². The number of hydrogen-bond donors (Lipinski definition) is 3. The van der Waals surface area contributed by atoms with E-state index in [1.165, 1.54) is 49.6 Å². The van der Waals surface area contributed by atoms with E-state index in [1.54, 1.807) is 12.1 Å². The number of nitriles is 1. The van der Waals surface area contributed by atoms with Crippen molar-refractivity contribution in [2.24, 2.45) is 0 Å². The molecule has 0 atom stereocenters. The van der Waals surface area contributed by atoms with Gasteiger partial charge in [0, 0.05) is 11.4 Å². The summed E-state index contributed by atoms with van der Waals surface area (Å²) in [4.78, 5) is 24.7. The van der Waals surface area contributed by atoms with Gasteiger partial charge >= 0.3 is 0 Å². The molecule has 0 aliphatic rings. The number of halogens is 1. The molecule has 8 nitrogen and oxygen atoms in total. The number of rotatable bonds is 8. The van der Waals surface area contributed by atoms with Gasteiger partial charge in [0.2, 0.25) is 0 Å². The molecule has 0 fully saturated rings. The highest BCUT2D eigenvalue weighted by Gasteiger charge is 2.16. The van der Waals surface area contributed by atoms with Crippen LogP contribution in [0.5, 0.6) is 17.2 Å². The van der Waals surface area contributed by atoms with E-state index >= 15 is 0 Å². The van der Waals surface area contributed by atoms with Gasteiger partial charge in [0.25, 0.3) is 11.8 Å². The van der Waals surface area contributed by atoms with Gasteiger partial charge in [-0.3, -0.25) is 9.59 Å². The van der Waals surface area contributed by atoms with Gasteiger partial charge in [0.05, 0.1) is 12.1 Å². The second-order valence-corrected chi connectivity index (χ2v) is 7.82. The molecule has 0 aliphatic heterocycles. The minimum Gasteiger partial charge on any atom is -0.508 e. The zero-order chi connectivity index (χ0) is 25.4. The number of carbonyl (C=O) groups is 2. The molecule has 0 heterocycles. The van der Waals surface area contributed by atoms with E-state index in [0.29, 0.717) is 16.9 Å². The van der Waals surface area contributed by atoms with Crippen LogP contribution in [0.3, 0.4) is 0 Å². The smallest absolute Gasteiger partial charge is 0.266 e. The van der Waals surface area contributed by atoms with Gasteiger partial charge in [-0.1, -0.05) is 29.3 Å². The van der Waals surface area contributed by atoms with Gasteiger partial charge < -0.3 is 25.2 Å². The first-order valence-corrected chi connectivity index (χ1v) is 10.8. The average Bonchev–Trinajstić information content (AvgIpc) is 2.84. The Balaban J connectivity index is 1.72. The monoisotopic (exact) mass is 491 g/mol. The largest absolute Gasteiger partial charge is 0.508 e. The zero-order valence-corrected chi connectivity index (χ0v) is 19.7. The zero-order valence-electron chi connectivity index (χ0n) is 19.0. The van der Waals surface area contributed by atoms with Gasteiger partial charge in [0.1, 0.15) is 17.4 Å². The van der Waals surface area contributed by atoms with Crippen molar-refractivity contribution in [2.45, 2.75) is 6.92 Å². The summed E-state index contributed by atoms with van der Waals surface area (Å²) in [5, 5.41) is 24.2. The number of ether oxygens (including phenoxy) is 2. The van der Waals surface area contributed by atoms with Crippen molar-refractivity contribution in [2.75, 3.05) is 24.4 Å². The van der Waals surface area contributed by atoms with Crippen LogP contribution in [-0.4, -0.2) is 30.6 Å². The molecular weight excluding hydrogens is 470 g/mol. The van der Waals surface area contributed by atoms with E-state index in [-0.39, 0.29) is 40.4 Å². The van der Waals surface area contributed by atoms with E-state index < -0.39 is 5.91 Å². The fourth-order valence-corrected chi connectivity index (χ4v) is 3.27. The molecule has 9 heteroatoms. The minimum atomic E-state index is -0.638. The van der Waals surface area contributed by atoms with E-state index in [1.807, 2.05) is 25.1 Å². The van der Waals surface area contributed by atoms with Crippen molar-refractivity contribution in [3.05, 3.63) is 82.4 Å². The Morgan fingerprint density at radius 2 is 1.69 bits per heavy atom. The van der Waals surface area contributed by atoms with E-state index in [9.17, 15) is 20.0 Å². The number of nitrogens with one attached hydrogen (secondary N) is 2. The molecule has 35 heavy (non-hydrogen) atoms. The Labute approximate surface area is 207 Å². The summed E-state index contributed by atoms with van der Waals surface area (Å²) in [6.45, 7) is 1.64. The normalized spacial score (nSPS) is 10.7. The lowest BCUT2D eigenvalue weighted by atomic mass is 10.1. The lowest BCUT2D eigenvalue weighted by molar-refractivity contribution is -0.118. The molecule has 0 saturated heterocycles. The minimum absolute atomic E-state index is 0.0516. The second kappa shape index (κ2) is 11.6. The third-order valence-corrected chi connectivity index (χ3v) is 5.02. The van der Waals surface area contributed by atoms with E-state index in [4.69, 9.17) is 21.1 Å². The Morgan fingerprint density at radius 3 is 2.31 bits per heavy atom. The lowest BCUT2D eigenvalue weighted by Gasteiger charge is -2.13. The number of aryl methyl sites for hydroxylation is 1. The van der Waals surface area contributed by atoms with Crippen LogP contribution in [0, 0.1) is 18.3 Å². The molecule has 178 valence electrons. The van der Waals surface area contributed by atoms with Crippen molar-refractivity contribution >= 4 is 40.9 Å². The summed E-state index contributed by atoms with van der Waals surface area (Å²) in [6, 6.07) is 18.0. The molecule has 0 unspecified atom stereocenters. The number of aromatic hydroxyl groups is 1. The number of methoxy groups -OCH3 is 1. The molecule has 0 aromatic heterocycles. The van der Waals surface area contributed by atoms with Crippen molar-refractivity contribution < 1.29 is 24.2 Å². The summed E-state index contributed by atoms with van der Waals surface area (Å²) in [5.74, 6) is -0.591. The molecule has 3 aromatic carbocycles. The van der Waals surface area contributed by atoms with Crippen molar-refractivity contribution in [1.29, 1.82) is 5.26 Å². The molecule has 0 spiro atoms. The van der Waals surface area contributed by atoms with Crippen molar-refractivity contribution in [3.8, 4) is 23.3 Å². The van der Waals surface area contributed by atoms with Crippen molar-refractivity contribution in [1.82, 2.24) is 0 Å². The average molecular weight is 492 g/mol. The van der Waals surface area contributed by atoms with Crippen LogP contribution < -0.4 is 20.1 Å². The highest BCUT2D eigenvalue weighted by atomic mass is 35.5. The first-order chi connectivity index (χ1) is 16.8. The van der Waals surface area contributed by atoms with Crippen LogP contribution in [0.1, 0.15) is 11.1 Å². The number of benzene rings is 3. The second-order valence-electron chi connectivity index (χ2n) is 7.41. The number of hydrogen-bond acceptors (Lipinski definition) is 6. The fraction of sp³-hybridized carbons (Fsp3) is 0.115. The predicted molar refractivity (Wildman–Crippen MR) is 134 cm³/mol. The van der Waals surface area contributed by atoms with E-state index in [2.05, 4.69) is 10.6 Å². The highest BCUT2D eigenvalue weighted by molar-refractivity contribution is 6.32. The van der Waals surface area contributed by atoms with E-state index in [0.717, 1.165) is 5.56 Å². The standard InChI is InChI=1S/C26H22ClN3O5/c1-16-3-5-19(6-4-16)29-24(32)15-35-25-22(27)12-17(13-23(25)34-2)11-18(14-28)26(33)30-20-7-9-21(31)10-8-20/h3-13,31H,15H2,1-2H3,(H,29,32)(H,30,33)/b18-11+. The number of nitrogens with zero attached hydrogens (tertiary/aromatic N) is 1. The maximum absolute atomic E-state index is 12.5. The first kappa shape index (κ1) is 25.1. The maximum Gasteiger partial charge on any atom is 0.266 e. The summed E-state index contributed by atoms with van der Waals surface area (Å²) >= 11 is 6.35. The molecule has 0 bridgehead atoms. The van der Waals surface area contributed by atoms with Crippen molar-refractivity contribution in [3.63, 3.8) is 0 Å². The van der Waals surface area contributed by atoms with Crippen LogP contribution in [0.2, 0.25) is 5.02 Å². The Hall–Kier alpha value is -4.48. The molecule has 2 amide bonds. The van der Waals surface area contributed by atoms with Crippen LogP contribution in [-0.2, 0) is 9.59 Å². The molecule has 0 saturated carbocycles. The molecule has 0 aliphatic carbocycles. The number of carbonyl (C=O) groups excluding carboxylic acids is 2. The third-order valence-electron chi connectivity index (χ3n) is 4.74. The lowest BCUT2D eigenvalue weighted by Crippen LogP contribution is -2.20. The summed E-state index contributed by atoms with van der Waals surface area (Å²) < 4.78 is 10.9. The number of phenols is 1. The van der Waals surface area contributed by atoms with Crippen LogP contribution in [0.25, 0.3) is 6.08 Å². The van der Waals surface area contributed by atoms with Crippen LogP contribution in [0.4, 0.5) is 11.4 Å². The molecule has 3 aromatic rings. The number of phenolic OH excluding ortho intramolecular Hbond substituents is 1. The topological polar surface area (TPSA) is 121 Å². The van der Waals surface area contributed by atoms with Crippen LogP contribution in [0.15, 0.2) is 66.2 Å². The van der Waals surface area contributed by atoms with Gasteiger partial charge in [-0.15, -0.1) is 0 Å². The Kier molecular flexibility index (Phi) is 8.33. The SMILES string of the molecule is COc1cc(/C=C(\C#N)C(=O)Nc2ccc(O)cc2)cc(Cl)c1OCC(=O)Nc1ccc(C)cc1. The molecule has 3 N–H and O–H groups in total. The first-order valence-electron chi connectivity index (χ1n) is 10.4. The third kappa shape index (κ3) is 7.00. The quantitative estimate of drug-likeness (QED) is 0.233. The van der Waals surface area contributed by atoms with Gasteiger partial charge in [0.15, 0.2) is 18.1 Å². The fourth-order valence-electron chi connectivity index (χ4n) is 2.99. The molecule has 0 radical (unpaired) electrons.